The van der Waals surface area contributed by atoms with E-state index in [-0.39, 0.29) is 18.0 Å². The van der Waals surface area contributed by atoms with E-state index in [1.165, 1.54) is 0 Å². The third kappa shape index (κ3) is 6.62. The van der Waals surface area contributed by atoms with Crippen LogP contribution >= 0.6 is 0 Å². The molecule has 7 nitrogen and oxygen atoms in total. The summed E-state index contributed by atoms with van der Waals surface area (Å²) in [6.07, 6.45) is 2.79. The van der Waals surface area contributed by atoms with Crippen LogP contribution in [-0.4, -0.2) is 50.9 Å². The molecule has 0 spiro atoms. The average molecular weight is 349 g/mol. The molecule has 1 fully saturated rings. The van der Waals surface area contributed by atoms with Gasteiger partial charge in [0.05, 0.1) is 13.2 Å². The van der Waals surface area contributed by atoms with Gasteiger partial charge in [0.1, 0.15) is 11.8 Å². The molecule has 1 heterocycles. The first-order valence-electron chi connectivity index (χ1n) is 8.65. The summed E-state index contributed by atoms with van der Waals surface area (Å²) in [5.74, 6) is 0.598. The molecule has 1 aromatic rings. The summed E-state index contributed by atoms with van der Waals surface area (Å²) in [5, 5.41) is 8.19. The third-order valence-electron chi connectivity index (χ3n) is 4.13. The van der Waals surface area contributed by atoms with Crippen molar-refractivity contribution < 1.29 is 19.1 Å². The number of methoxy groups -OCH3 is 1. The van der Waals surface area contributed by atoms with E-state index in [9.17, 15) is 9.59 Å². The zero-order valence-electron chi connectivity index (χ0n) is 14.8. The lowest BCUT2D eigenvalue weighted by molar-refractivity contribution is -0.122. The maximum Gasteiger partial charge on any atom is 0.315 e. The number of hydrogen-bond donors (Lipinski definition) is 3. The number of carbonyl (C=O) groups excluding carboxylic acids is 2. The van der Waals surface area contributed by atoms with E-state index in [0.717, 1.165) is 30.8 Å². The van der Waals surface area contributed by atoms with Gasteiger partial charge in [0.15, 0.2) is 0 Å². The molecule has 0 saturated carbocycles. The lowest BCUT2D eigenvalue weighted by Crippen LogP contribution is -2.49. The fourth-order valence-corrected chi connectivity index (χ4v) is 2.60. The summed E-state index contributed by atoms with van der Waals surface area (Å²) in [6.45, 7) is 3.39. The van der Waals surface area contributed by atoms with E-state index < -0.39 is 6.04 Å². The van der Waals surface area contributed by atoms with Crippen molar-refractivity contribution in [2.45, 2.75) is 38.3 Å². The number of benzene rings is 1. The highest BCUT2D eigenvalue weighted by Crippen LogP contribution is 2.11. The molecule has 0 bridgehead atoms. The van der Waals surface area contributed by atoms with Crippen molar-refractivity contribution in [1.29, 1.82) is 0 Å². The smallest absolute Gasteiger partial charge is 0.315 e. The molecule has 1 aliphatic heterocycles. The van der Waals surface area contributed by atoms with Gasteiger partial charge >= 0.3 is 6.03 Å². The number of ether oxygens (including phenoxy) is 2. The summed E-state index contributed by atoms with van der Waals surface area (Å²) in [7, 11) is 1.63. The molecule has 2 atom stereocenters. The number of rotatable bonds is 8. The van der Waals surface area contributed by atoms with Gasteiger partial charge < -0.3 is 25.4 Å². The van der Waals surface area contributed by atoms with Gasteiger partial charge in [0.25, 0.3) is 0 Å². The minimum Gasteiger partial charge on any atom is -0.497 e. The highest BCUT2D eigenvalue weighted by atomic mass is 16.5. The molecule has 3 amide bonds. The van der Waals surface area contributed by atoms with Crippen LogP contribution in [0.5, 0.6) is 5.75 Å². The fourth-order valence-electron chi connectivity index (χ4n) is 2.60. The molecular formula is C18H27N3O4. The predicted octanol–water partition coefficient (Wildman–Crippen LogP) is 1.22. The largest absolute Gasteiger partial charge is 0.497 e. The summed E-state index contributed by atoms with van der Waals surface area (Å²) in [4.78, 5) is 23.8. The van der Waals surface area contributed by atoms with Crippen LogP contribution in [0.4, 0.5) is 4.79 Å². The highest BCUT2D eigenvalue weighted by Gasteiger charge is 2.18. The molecule has 2 rings (SSSR count). The standard InChI is InChI=1S/C18H27N3O4/c1-13(21-18(23)20-12-16-4-3-11-25-16)17(22)19-10-9-14-5-7-15(24-2)8-6-14/h5-8,13,16H,3-4,9-12H2,1-2H3,(H,19,22)(H2,20,21,23)/t13-,16?/m0/s1. The van der Waals surface area contributed by atoms with Crippen LogP contribution in [0.15, 0.2) is 24.3 Å². The Morgan fingerprint density at radius 2 is 2.04 bits per heavy atom. The zero-order valence-corrected chi connectivity index (χ0v) is 14.8. The van der Waals surface area contributed by atoms with Crippen LogP contribution < -0.4 is 20.7 Å². The molecule has 1 aromatic carbocycles. The molecule has 25 heavy (non-hydrogen) atoms. The van der Waals surface area contributed by atoms with Crippen LogP contribution in [-0.2, 0) is 16.0 Å². The lowest BCUT2D eigenvalue weighted by atomic mass is 10.1. The van der Waals surface area contributed by atoms with Crippen molar-refractivity contribution in [2.75, 3.05) is 26.8 Å². The first kappa shape index (κ1) is 19.1. The molecule has 0 aromatic heterocycles. The SMILES string of the molecule is COc1ccc(CCNC(=O)[C@H](C)NC(=O)NCC2CCCO2)cc1. The fraction of sp³-hybridized carbons (Fsp3) is 0.556. The van der Waals surface area contributed by atoms with Gasteiger partial charge in [-0.15, -0.1) is 0 Å². The van der Waals surface area contributed by atoms with E-state index in [1.807, 2.05) is 24.3 Å². The number of amides is 3. The Kier molecular flexibility index (Phi) is 7.53. The van der Waals surface area contributed by atoms with Crippen molar-refractivity contribution in [2.24, 2.45) is 0 Å². The van der Waals surface area contributed by atoms with E-state index in [0.29, 0.717) is 19.5 Å². The normalized spacial score (nSPS) is 17.6. The van der Waals surface area contributed by atoms with Crippen molar-refractivity contribution in [3.63, 3.8) is 0 Å². The molecule has 1 aliphatic rings. The van der Waals surface area contributed by atoms with Gasteiger partial charge in [-0.05, 0) is 43.9 Å². The molecule has 138 valence electrons. The second kappa shape index (κ2) is 9.88. The van der Waals surface area contributed by atoms with Gasteiger partial charge in [-0.2, -0.15) is 0 Å². The van der Waals surface area contributed by atoms with Gasteiger partial charge in [-0.3, -0.25) is 4.79 Å². The van der Waals surface area contributed by atoms with Crippen molar-refractivity contribution >= 4 is 11.9 Å². The Labute approximate surface area is 148 Å². The van der Waals surface area contributed by atoms with E-state index in [4.69, 9.17) is 9.47 Å². The topological polar surface area (TPSA) is 88.7 Å². The van der Waals surface area contributed by atoms with Crippen LogP contribution in [0.25, 0.3) is 0 Å². The van der Waals surface area contributed by atoms with Crippen LogP contribution in [0.2, 0.25) is 0 Å². The Morgan fingerprint density at radius 3 is 2.68 bits per heavy atom. The predicted molar refractivity (Wildman–Crippen MR) is 94.7 cm³/mol. The number of nitrogens with one attached hydrogen (secondary N) is 3. The molecule has 7 heteroatoms. The van der Waals surface area contributed by atoms with Crippen LogP contribution in [0.1, 0.15) is 25.3 Å². The van der Waals surface area contributed by atoms with E-state index >= 15 is 0 Å². The second-order valence-corrected chi connectivity index (χ2v) is 6.10. The van der Waals surface area contributed by atoms with E-state index in [1.54, 1.807) is 14.0 Å². The Balaban J connectivity index is 1.62. The van der Waals surface area contributed by atoms with Crippen LogP contribution in [0, 0.1) is 0 Å². The van der Waals surface area contributed by atoms with Gasteiger partial charge in [0, 0.05) is 19.7 Å². The molecule has 0 aliphatic carbocycles. The molecular weight excluding hydrogens is 322 g/mol. The Hall–Kier alpha value is -2.28. The van der Waals surface area contributed by atoms with E-state index in [2.05, 4.69) is 16.0 Å². The summed E-state index contributed by atoms with van der Waals surface area (Å²) < 4.78 is 10.5. The van der Waals surface area contributed by atoms with Gasteiger partial charge in [-0.25, -0.2) is 4.79 Å². The molecule has 3 N–H and O–H groups in total. The van der Waals surface area contributed by atoms with Gasteiger partial charge in [0.2, 0.25) is 5.91 Å². The summed E-state index contributed by atoms with van der Waals surface area (Å²) in [6, 6.07) is 6.75. The number of urea groups is 1. The number of carbonyl (C=O) groups is 2. The second-order valence-electron chi connectivity index (χ2n) is 6.10. The maximum absolute atomic E-state index is 12.0. The lowest BCUT2D eigenvalue weighted by Gasteiger charge is -2.16. The van der Waals surface area contributed by atoms with Gasteiger partial charge in [-0.1, -0.05) is 12.1 Å². The van der Waals surface area contributed by atoms with Crippen molar-refractivity contribution in [1.82, 2.24) is 16.0 Å². The van der Waals surface area contributed by atoms with Crippen molar-refractivity contribution in [3.8, 4) is 5.75 Å². The number of hydrogen-bond acceptors (Lipinski definition) is 4. The minimum absolute atomic E-state index is 0.0828. The monoisotopic (exact) mass is 349 g/mol. The minimum atomic E-state index is -0.597. The highest BCUT2D eigenvalue weighted by molar-refractivity contribution is 5.86. The van der Waals surface area contributed by atoms with Crippen molar-refractivity contribution in [3.05, 3.63) is 29.8 Å². The third-order valence-corrected chi connectivity index (χ3v) is 4.13. The quantitative estimate of drug-likeness (QED) is 0.658. The molecule has 1 unspecified atom stereocenters. The Bertz CT molecular complexity index is 556. The molecule has 1 saturated heterocycles. The van der Waals surface area contributed by atoms with Crippen LogP contribution in [0.3, 0.4) is 0 Å². The Morgan fingerprint density at radius 1 is 1.28 bits per heavy atom. The first-order chi connectivity index (χ1) is 12.1. The summed E-state index contributed by atoms with van der Waals surface area (Å²) >= 11 is 0. The average Bonchev–Trinajstić information content (AvgIpc) is 3.14. The maximum atomic E-state index is 12.0. The summed E-state index contributed by atoms with van der Waals surface area (Å²) in [5.41, 5.74) is 1.11. The first-order valence-corrected chi connectivity index (χ1v) is 8.65. The molecule has 0 radical (unpaired) electrons. The zero-order chi connectivity index (χ0) is 18.1.